The van der Waals surface area contributed by atoms with Crippen LogP contribution in [-0.4, -0.2) is 20.7 Å². The van der Waals surface area contributed by atoms with E-state index in [1.165, 1.54) is 30.6 Å². The van der Waals surface area contributed by atoms with Gasteiger partial charge in [-0.05, 0) is 31.2 Å². The zero-order valence-electron chi connectivity index (χ0n) is 9.88. The van der Waals surface area contributed by atoms with Gasteiger partial charge in [0.25, 0.3) is 0 Å². The molecule has 1 atom stereocenters. The lowest BCUT2D eigenvalue weighted by Gasteiger charge is -2.11. The maximum absolute atomic E-state index is 12.7. The topological polar surface area (TPSA) is 59.8 Å². The predicted octanol–water partition coefficient (Wildman–Crippen LogP) is 2.01. The van der Waals surface area contributed by atoms with Crippen molar-refractivity contribution < 1.29 is 9.18 Å². The van der Waals surface area contributed by atoms with Crippen LogP contribution in [0.15, 0.2) is 36.9 Å². The maximum atomic E-state index is 12.7. The van der Waals surface area contributed by atoms with Gasteiger partial charge in [-0.2, -0.15) is 5.10 Å². The van der Waals surface area contributed by atoms with Crippen LogP contribution in [0.25, 0.3) is 0 Å². The summed E-state index contributed by atoms with van der Waals surface area (Å²) < 4.78 is 14.3. The molecule has 1 aromatic heterocycles. The number of carbonyl (C=O) groups excluding carboxylic acids is 1. The van der Waals surface area contributed by atoms with Gasteiger partial charge in [0.2, 0.25) is 5.91 Å². The Labute approximate surface area is 104 Å². The Hall–Kier alpha value is -2.24. The number of rotatable bonds is 4. The van der Waals surface area contributed by atoms with Gasteiger partial charge in [-0.1, -0.05) is 0 Å². The molecule has 1 aromatic carbocycles. The number of hydrogen-bond acceptors (Lipinski definition) is 3. The predicted molar refractivity (Wildman–Crippen MR) is 64.4 cm³/mol. The molecular weight excluding hydrogens is 235 g/mol. The van der Waals surface area contributed by atoms with Crippen LogP contribution in [0.4, 0.5) is 10.1 Å². The van der Waals surface area contributed by atoms with Crippen molar-refractivity contribution in [1.82, 2.24) is 14.8 Å². The number of hydrogen-bond donors (Lipinski definition) is 1. The quantitative estimate of drug-likeness (QED) is 0.900. The summed E-state index contributed by atoms with van der Waals surface area (Å²) in [5, 5.41) is 6.66. The highest BCUT2D eigenvalue weighted by molar-refractivity contribution is 5.90. The smallest absolute Gasteiger partial charge is 0.226 e. The highest BCUT2D eigenvalue weighted by Crippen LogP contribution is 2.12. The molecule has 0 aliphatic rings. The summed E-state index contributed by atoms with van der Waals surface area (Å²) in [4.78, 5) is 15.6. The molecule has 0 aliphatic carbocycles. The SMILES string of the molecule is CC(CC(=O)Nc1ccc(F)cc1)n1cncn1. The molecule has 2 aromatic rings. The Balaban J connectivity index is 1.91. The Morgan fingerprint density at radius 3 is 2.78 bits per heavy atom. The zero-order valence-corrected chi connectivity index (χ0v) is 9.88. The third-order valence-electron chi connectivity index (χ3n) is 2.50. The van der Waals surface area contributed by atoms with Crippen LogP contribution < -0.4 is 5.32 Å². The van der Waals surface area contributed by atoms with Crippen LogP contribution in [-0.2, 0) is 4.79 Å². The molecule has 1 unspecified atom stereocenters. The number of benzene rings is 1. The summed E-state index contributed by atoms with van der Waals surface area (Å²) in [6, 6.07) is 5.57. The Morgan fingerprint density at radius 1 is 1.44 bits per heavy atom. The summed E-state index contributed by atoms with van der Waals surface area (Å²) in [5.74, 6) is -0.478. The minimum Gasteiger partial charge on any atom is -0.326 e. The zero-order chi connectivity index (χ0) is 13.0. The van der Waals surface area contributed by atoms with Gasteiger partial charge in [0.1, 0.15) is 18.5 Å². The van der Waals surface area contributed by atoms with Crippen molar-refractivity contribution >= 4 is 11.6 Å². The Kier molecular flexibility index (Phi) is 3.66. The van der Waals surface area contributed by atoms with Crippen molar-refractivity contribution in [3.63, 3.8) is 0 Å². The normalized spacial score (nSPS) is 12.1. The van der Waals surface area contributed by atoms with E-state index in [4.69, 9.17) is 0 Å². The molecule has 0 aliphatic heterocycles. The molecule has 2 rings (SSSR count). The van der Waals surface area contributed by atoms with Crippen LogP contribution in [0, 0.1) is 5.82 Å². The van der Waals surface area contributed by atoms with Crippen molar-refractivity contribution in [2.45, 2.75) is 19.4 Å². The van der Waals surface area contributed by atoms with Gasteiger partial charge < -0.3 is 5.32 Å². The average Bonchev–Trinajstić information content (AvgIpc) is 2.85. The first kappa shape index (κ1) is 12.2. The van der Waals surface area contributed by atoms with E-state index in [9.17, 15) is 9.18 Å². The molecule has 18 heavy (non-hydrogen) atoms. The monoisotopic (exact) mass is 248 g/mol. The van der Waals surface area contributed by atoms with Gasteiger partial charge in [0, 0.05) is 12.1 Å². The number of amides is 1. The van der Waals surface area contributed by atoms with E-state index in [-0.39, 0.29) is 24.2 Å². The molecule has 6 heteroatoms. The van der Waals surface area contributed by atoms with Crippen LogP contribution >= 0.6 is 0 Å². The molecule has 1 N–H and O–H groups in total. The molecule has 94 valence electrons. The third-order valence-corrected chi connectivity index (χ3v) is 2.50. The van der Waals surface area contributed by atoms with Gasteiger partial charge in [-0.15, -0.1) is 0 Å². The second kappa shape index (κ2) is 5.39. The number of aromatic nitrogens is 3. The van der Waals surface area contributed by atoms with Crippen LogP contribution in [0.5, 0.6) is 0 Å². The van der Waals surface area contributed by atoms with Gasteiger partial charge in [0.05, 0.1) is 6.04 Å². The summed E-state index contributed by atoms with van der Waals surface area (Å²) in [7, 11) is 0. The highest BCUT2D eigenvalue weighted by atomic mass is 19.1. The minimum atomic E-state index is -0.330. The average molecular weight is 248 g/mol. The van der Waals surface area contributed by atoms with Crippen molar-refractivity contribution in [1.29, 1.82) is 0 Å². The fraction of sp³-hybridized carbons (Fsp3) is 0.250. The maximum Gasteiger partial charge on any atom is 0.226 e. The Bertz CT molecular complexity index is 509. The van der Waals surface area contributed by atoms with E-state index in [0.29, 0.717) is 5.69 Å². The molecule has 0 fully saturated rings. The Morgan fingerprint density at radius 2 is 2.17 bits per heavy atom. The summed E-state index contributed by atoms with van der Waals surface area (Å²) in [6.45, 7) is 1.87. The second-order valence-electron chi connectivity index (χ2n) is 3.98. The number of nitrogens with zero attached hydrogens (tertiary/aromatic N) is 3. The minimum absolute atomic E-state index is 0.0760. The molecule has 1 heterocycles. The molecular formula is C12H13FN4O. The molecule has 0 spiro atoms. The van der Waals surface area contributed by atoms with E-state index in [0.717, 1.165) is 0 Å². The second-order valence-corrected chi connectivity index (χ2v) is 3.98. The van der Waals surface area contributed by atoms with Gasteiger partial charge >= 0.3 is 0 Å². The van der Waals surface area contributed by atoms with E-state index in [1.54, 1.807) is 11.0 Å². The highest BCUT2D eigenvalue weighted by Gasteiger charge is 2.11. The lowest BCUT2D eigenvalue weighted by atomic mass is 10.2. The summed E-state index contributed by atoms with van der Waals surface area (Å²) in [5.41, 5.74) is 0.576. The van der Waals surface area contributed by atoms with Gasteiger partial charge in [-0.25, -0.2) is 14.1 Å². The number of halogens is 1. The number of anilines is 1. The van der Waals surface area contributed by atoms with E-state index >= 15 is 0 Å². The molecule has 5 nitrogen and oxygen atoms in total. The largest absolute Gasteiger partial charge is 0.326 e. The molecule has 1 amide bonds. The first-order chi connectivity index (χ1) is 8.65. The van der Waals surface area contributed by atoms with Crippen LogP contribution in [0.2, 0.25) is 0 Å². The fourth-order valence-electron chi connectivity index (χ4n) is 1.55. The molecule has 0 saturated heterocycles. The molecule has 0 bridgehead atoms. The summed E-state index contributed by atoms with van der Waals surface area (Å²) >= 11 is 0. The number of carbonyl (C=O) groups is 1. The molecule has 0 radical (unpaired) electrons. The van der Waals surface area contributed by atoms with Crippen molar-refractivity contribution in [3.05, 3.63) is 42.7 Å². The first-order valence-corrected chi connectivity index (χ1v) is 5.54. The standard InChI is InChI=1S/C12H13FN4O/c1-9(17-8-14-7-15-17)6-12(18)16-11-4-2-10(13)3-5-11/h2-5,7-9H,6H2,1H3,(H,16,18). The number of nitrogens with one attached hydrogen (secondary N) is 1. The lowest BCUT2D eigenvalue weighted by Crippen LogP contribution is -2.17. The lowest BCUT2D eigenvalue weighted by molar-refractivity contribution is -0.116. The van der Waals surface area contributed by atoms with E-state index in [1.807, 2.05) is 6.92 Å². The summed E-state index contributed by atoms with van der Waals surface area (Å²) in [6.07, 6.45) is 3.27. The van der Waals surface area contributed by atoms with Crippen molar-refractivity contribution in [2.75, 3.05) is 5.32 Å². The fourth-order valence-corrected chi connectivity index (χ4v) is 1.55. The first-order valence-electron chi connectivity index (χ1n) is 5.54. The van der Waals surface area contributed by atoms with E-state index in [2.05, 4.69) is 15.4 Å². The van der Waals surface area contributed by atoms with Gasteiger partial charge in [0.15, 0.2) is 0 Å². The van der Waals surface area contributed by atoms with Gasteiger partial charge in [-0.3, -0.25) is 4.79 Å². The van der Waals surface area contributed by atoms with E-state index < -0.39 is 0 Å². The van der Waals surface area contributed by atoms with Crippen LogP contribution in [0.1, 0.15) is 19.4 Å². The molecule has 0 saturated carbocycles. The van der Waals surface area contributed by atoms with Crippen molar-refractivity contribution in [3.8, 4) is 0 Å². The van der Waals surface area contributed by atoms with Crippen LogP contribution in [0.3, 0.4) is 0 Å². The third kappa shape index (κ3) is 3.13. The van der Waals surface area contributed by atoms with Crippen molar-refractivity contribution in [2.24, 2.45) is 0 Å².